The number of hydrogen-bond acceptors (Lipinski definition) is 4. The van der Waals surface area contributed by atoms with E-state index in [1.54, 1.807) is 26.1 Å². The highest BCUT2D eigenvalue weighted by molar-refractivity contribution is 6.02. The van der Waals surface area contributed by atoms with Gasteiger partial charge in [0.25, 0.3) is 0 Å². The summed E-state index contributed by atoms with van der Waals surface area (Å²) in [6.45, 7) is 2.13. The van der Waals surface area contributed by atoms with Gasteiger partial charge >= 0.3 is 5.97 Å². The number of aliphatic imine (C=N–C) groups is 1. The van der Waals surface area contributed by atoms with Gasteiger partial charge in [-0.15, -0.1) is 0 Å². The smallest absolute Gasteiger partial charge is 0.338 e. The molecule has 5 nitrogen and oxygen atoms in total. The average Bonchev–Trinajstić information content (AvgIpc) is 2.54. The summed E-state index contributed by atoms with van der Waals surface area (Å²) in [5.74, 6) is 0.0561. The van der Waals surface area contributed by atoms with Crippen molar-refractivity contribution in [3.63, 3.8) is 0 Å². The number of amidine groups is 1. The summed E-state index contributed by atoms with van der Waals surface area (Å²) in [4.78, 5) is 15.7. The highest BCUT2D eigenvalue weighted by atomic mass is 16.5. The van der Waals surface area contributed by atoms with Crippen LogP contribution in [0.1, 0.15) is 22.8 Å². The van der Waals surface area contributed by atoms with Crippen LogP contribution in [0.25, 0.3) is 11.1 Å². The molecule has 0 amide bonds. The first kappa shape index (κ1) is 15.6. The first-order valence-electron chi connectivity index (χ1n) is 6.96. The molecule has 2 aromatic rings. The maximum atomic E-state index is 11.8. The van der Waals surface area contributed by atoms with Crippen LogP contribution in [0.4, 0.5) is 5.69 Å². The molecule has 0 heterocycles. The van der Waals surface area contributed by atoms with Gasteiger partial charge < -0.3 is 16.2 Å². The van der Waals surface area contributed by atoms with Crippen molar-refractivity contribution in [2.45, 2.75) is 6.92 Å². The number of rotatable bonds is 4. The predicted octanol–water partition coefficient (Wildman–Crippen LogP) is 2.45. The number of hydrogen-bond donors (Lipinski definition) is 2. The van der Waals surface area contributed by atoms with E-state index in [4.69, 9.17) is 16.2 Å². The minimum Gasteiger partial charge on any atom is -0.462 e. The molecule has 5 heteroatoms. The number of benzene rings is 2. The molecule has 0 aliphatic rings. The van der Waals surface area contributed by atoms with Crippen LogP contribution in [0.3, 0.4) is 0 Å². The summed E-state index contributed by atoms with van der Waals surface area (Å²) in [5.41, 5.74) is 15.4. The second kappa shape index (κ2) is 6.76. The van der Waals surface area contributed by atoms with E-state index in [0.29, 0.717) is 29.3 Å². The Bertz CT molecular complexity index is 724. The van der Waals surface area contributed by atoms with Crippen molar-refractivity contribution < 1.29 is 9.53 Å². The fourth-order valence-electron chi connectivity index (χ4n) is 2.14. The molecular formula is C17H19N3O2. The molecule has 0 radical (unpaired) electrons. The molecule has 114 valence electrons. The van der Waals surface area contributed by atoms with Gasteiger partial charge in [0, 0.05) is 18.3 Å². The summed E-state index contributed by atoms with van der Waals surface area (Å²) in [6.07, 6.45) is 0. The lowest BCUT2D eigenvalue weighted by atomic mass is 10.0. The maximum absolute atomic E-state index is 11.8. The van der Waals surface area contributed by atoms with Crippen LogP contribution in [0, 0.1) is 0 Å². The third kappa shape index (κ3) is 3.25. The quantitative estimate of drug-likeness (QED) is 0.392. The zero-order valence-corrected chi connectivity index (χ0v) is 12.7. The number of carbonyl (C=O) groups excluding carboxylic acids is 1. The van der Waals surface area contributed by atoms with Crippen LogP contribution in [-0.2, 0) is 4.74 Å². The molecule has 0 aliphatic carbocycles. The largest absolute Gasteiger partial charge is 0.462 e. The van der Waals surface area contributed by atoms with Crippen LogP contribution in [0.5, 0.6) is 0 Å². The first-order chi connectivity index (χ1) is 10.6. The molecule has 0 aromatic heterocycles. The summed E-state index contributed by atoms with van der Waals surface area (Å²) < 4.78 is 5.01. The van der Waals surface area contributed by atoms with Gasteiger partial charge in [-0.2, -0.15) is 0 Å². The van der Waals surface area contributed by atoms with Gasteiger partial charge in [0.15, 0.2) is 0 Å². The van der Waals surface area contributed by atoms with Crippen LogP contribution in [0.2, 0.25) is 0 Å². The van der Waals surface area contributed by atoms with Crippen LogP contribution in [-0.4, -0.2) is 25.5 Å². The average molecular weight is 297 g/mol. The van der Waals surface area contributed by atoms with E-state index in [-0.39, 0.29) is 5.97 Å². The number of nitrogens with zero attached hydrogens (tertiary/aromatic N) is 1. The Morgan fingerprint density at radius 1 is 1.18 bits per heavy atom. The van der Waals surface area contributed by atoms with Crippen LogP contribution < -0.4 is 11.5 Å². The molecule has 2 rings (SSSR count). The number of carbonyl (C=O) groups is 1. The van der Waals surface area contributed by atoms with Gasteiger partial charge in [-0.25, -0.2) is 4.79 Å². The molecule has 2 aromatic carbocycles. The second-order valence-corrected chi connectivity index (χ2v) is 4.71. The molecule has 4 N–H and O–H groups in total. The van der Waals surface area contributed by atoms with E-state index < -0.39 is 0 Å². The van der Waals surface area contributed by atoms with Crippen molar-refractivity contribution in [1.29, 1.82) is 0 Å². The van der Waals surface area contributed by atoms with Gasteiger partial charge in [0.05, 0.1) is 12.2 Å². The highest BCUT2D eigenvalue weighted by Crippen LogP contribution is 2.25. The summed E-state index contributed by atoms with van der Waals surface area (Å²) in [6, 6.07) is 12.8. The normalized spacial score (nSPS) is 11.3. The molecule has 0 saturated heterocycles. The topological polar surface area (TPSA) is 90.7 Å². The molecule has 0 saturated carbocycles. The van der Waals surface area contributed by atoms with Crippen molar-refractivity contribution >= 4 is 17.5 Å². The molecule has 0 bridgehead atoms. The number of ether oxygens (including phenoxy) is 1. The third-order valence-electron chi connectivity index (χ3n) is 3.28. The number of nitrogens with two attached hydrogens (primary N) is 2. The van der Waals surface area contributed by atoms with E-state index in [1.165, 1.54) is 0 Å². The Kier molecular flexibility index (Phi) is 4.78. The summed E-state index contributed by atoms with van der Waals surface area (Å²) in [7, 11) is 1.62. The number of esters is 1. The minimum atomic E-state index is -0.337. The van der Waals surface area contributed by atoms with Crippen LogP contribution >= 0.6 is 0 Å². The second-order valence-electron chi connectivity index (χ2n) is 4.71. The Morgan fingerprint density at radius 2 is 1.91 bits per heavy atom. The molecule has 0 atom stereocenters. The highest BCUT2D eigenvalue weighted by Gasteiger charge is 2.09. The summed E-state index contributed by atoms with van der Waals surface area (Å²) in [5, 5.41) is 0. The van der Waals surface area contributed by atoms with Crippen LogP contribution in [0.15, 0.2) is 47.5 Å². The van der Waals surface area contributed by atoms with E-state index >= 15 is 0 Å². The number of anilines is 1. The molecule has 0 spiro atoms. The standard InChI is InChI=1S/C17H19N3O2/c1-3-22-17(21)13-6-4-5-11(9-13)12-7-8-14(15(18)10-12)16(19)20-2/h4-10H,3,18H2,1-2H3,(H2,19,20). The van der Waals surface area contributed by atoms with Crippen molar-refractivity contribution in [2.24, 2.45) is 10.7 Å². The fourth-order valence-corrected chi connectivity index (χ4v) is 2.14. The van der Waals surface area contributed by atoms with E-state index in [9.17, 15) is 4.79 Å². The molecule has 0 aliphatic heterocycles. The van der Waals surface area contributed by atoms with Crippen molar-refractivity contribution in [1.82, 2.24) is 0 Å². The van der Waals surface area contributed by atoms with E-state index in [0.717, 1.165) is 11.1 Å². The van der Waals surface area contributed by atoms with Gasteiger partial charge in [0.1, 0.15) is 5.84 Å². The fraction of sp³-hybridized carbons (Fsp3) is 0.176. The van der Waals surface area contributed by atoms with E-state index in [1.807, 2.05) is 30.3 Å². The first-order valence-corrected chi connectivity index (χ1v) is 6.96. The van der Waals surface area contributed by atoms with E-state index in [2.05, 4.69) is 4.99 Å². The van der Waals surface area contributed by atoms with Gasteiger partial charge in [-0.3, -0.25) is 4.99 Å². The minimum absolute atomic E-state index is 0.337. The maximum Gasteiger partial charge on any atom is 0.338 e. The lowest BCUT2D eigenvalue weighted by Crippen LogP contribution is -2.15. The Morgan fingerprint density at radius 3 is 2.55 bits per heavy atom. The molecule has 0 unspecified atom stereocenters. The molecular weight excluding hydrogens is 278 g/mol. The Hall–Kier alpha value is -2.82. The SMILES string of the molecule is CCOC(=O)c1cccc(-c2ccc(C(N)=NC)c(N)c2)c1. The number of nitrogen functional groups attached to an aromatic ring is 1. The zero-order chi connectivity index (χ0) is 16.1. The van der Waals surface area contributed by atoms with Crippen molar-refractivity contribution in [3.05, 3.63) is 53.6 Å². The lowest BCUT2D eigenvalue weighted by Gasteiger charge is -2.09. The van der Waals surface area contributed by atoms with Gasteiger partial charge in [-0.1, -0.05) is 18.2 Å². The Labute approximate surface area is 129 Å². The van der Waals surface area contributed by atoms with Gasteiger partial charge in [0.2, 0.25) is 0 Å². The monoisotopic (exact) mass is 297 g/mol. The lowest BCUT2D eigenvalue weighted by molar-refractivity contribution is 0.0526. The molecule has 22 heavy (non-hydrogen) atoms. The third-order valence-corrected chi connectivity index (χ3v) is 3.28. The molecule has 0 fully saturated rings. The van der Waals surface area contributed by atoms with Gasteiger partial charge in [-0.05, 0) is 42.3 Å². The zero-order valence-electron chi connectivity index (χ0n) is 12.7. The Balaban J connectivity index is 2.38. The van der Waals surface area contributed by atoms with Crippen molar-refractivity contribution in [3.8, 4) is 11.1 Å². The summed E-state index contributed by atoms with van der Waals surface area (Å²) >= 11 is 0. The predicted molar refractivity (Wildman–Crippen MR) is 88.9 cm³/mol. The van der Waals surface area contributed by atoms with Crippen molar-refractivity contribution in [2.75, 3.05) is 19.4 Å².